The van der Waals surface area contributed by atoms with Crippen LogP contribution in [-0.4, -0.2) is 21.0 Å². The van der Waals surface area contributed by atoms with E-state index in [9.17, 15) is 18.0 Å². The molecule has 0 radical (unpaired) electrons. The summed E-state index contributed by atoms with van der Waals surface area (Å²) in [5.74, 6) is 0.658. The minimum Gasteiger partial charge on any atom is -0.291 e. The largest absolute Gasteiger partial charge is 0.416 e. The lowest BCUT2D eigenvalue weighted by Crippen LogP contribution is -2.42. The summed E-state index contributed by atoms with van der Waals surface area (Å²) >= 11 is 0. The van der Waals surface area contributed by atoms with Gasteiger partial charge in [-0.3, -0.25) is 14.3 Å². The maximum absolute atomic E-state index is 14.2. The Kier molecular flexibility index (Phi) is 6.97. The zero-order valence-corrected chi connectivity index (χ0v) is 21.6. The van der Waals surface area contributed by atoms with E-state index in [1.54, 1.807) is 4.57 Å². The summed E-state index contributed by atoms with van der Waals surface area (Å²) in [5, 5.41) is 0. The summed E-state index contributed by atoms with van der Waals surface area (Å²) in [7, 11) is 0. The highest BCUT2D eigenvalue weighted by atomic mass is 19.4. The summed E-state index contributed by atoms with van der Waals surface area (Å²) in [4.78, 5) is 21.3. The van der Waals surface area contributed by atoms with Crippen molar-refractivity contribution in [2.75, 3.05) is 6.54 Å². The number of nitrogens with zero attached hydrogens (tertiary/aromatic N) is 3. The molecular formula is C31H30F3N3O. The Morgan fingerprint density at radius 2 is 1.42 bits per heavy atom. The predicted octanol–water partition coefficient (Wildman–Crippen LogP) is 6.89. The standard InChI is InChI=1S/C31H30F3N3O/c1-20-18-36(21(2)23-14-16-26(17-15-23)31(32,33)34)19-27-28(20)35-22(3)37(30(27)38)29(24-10-6-4-7-11-24)25-12-8-5-9-13-25/h4-17,20-21,29H,18-19H2,1-3H3. The number of hydrogen-bond donors (Lipinski definition) is 0. The highest BCUT2D eigenvalue weighted by Crippen LogP contribution is 2.35. The lowest BCUT2D eigenvalue weighted by Gasteiger charge is -2.37. The summed E-state index contributed by atoms with van der Waals surface area (Å²) < 4.78 is 41.0. The topological polar surface area (TPSA) is 38.1 Å². The van der Waals surface area contributed by atoms with Crippen LogP contribution < -0.4 is 5.56 Å². The lowest BCUT2D eigenvalue weighted by molar-refractivity contribution is -0.137. The van der Waals surface area contributed by atoms with Gasteiger partial charge in [-0.1, -0.05) is 79.7 Å². The molecule has 38 heavy (non-hydrogen) atoms. The van der Waals surface area contributed by atoms with E-state index in [2.05, 4.69) is 4.90 Å². The van der Waals surface area contributed by atoms with Gasteiger partial charge < -0.3 is 0 Å². The van der Waals surface area contributed by atoms with Gasteiger partial charge in [0.1, 0.15) is 5.82 Å². The lowest BCUT2D eigenvalue weighted by atomic mass is 9.93. The van der Waals surface area contributed by atoms with Gasteiger partial charge in [-0.25, -0.2) is 4.98 Å². The minimum atomic E-state index is -4.37. The van der Waals surface area contributed by atoms with E-state index in [1.807, 2.05) is 81.4 Å². The molecule has 1 aliphatic rings. The number of benzene rings is 3. The molecule has 4 aromatic rings. The van der Waals surface area contributed by atoms with E-state index in [1.165, 1.54) is 12.1 Å². The van der Waals surface area contributed by atoms with Crippen LogP contribution in [0.2, 0.25) is 0 Å². The summed E-state index contributed by atoms with van der Waals surface area (Å²) in [6.07, 6.45) is -4.37. The molecule has 0 amide bonds. The summed E-state index contributed by atoms with van der Waals surface area (Å²) in [6.45, 7) is 6.93. The molecular weight excluding hydrogens is 487 g/mol. The molecule has 0 N–H and O–H groups in total. The monoisotopic (exact) mass is 517 g/mol. The molecule has 0 saturated carbocycles. The molecule has 0 bridgehead atoms. The molecule has 4 nitrogen and oxygen atoms in total. The van der Waals surface area contributed by atoms with Crippen LogP contribution in [0.5, 0.6) is 0 Å². The summed E-state index contributed by atoms with van der Waals surface area (Å²) in [6, 6.07) is 24.6. The average molecular weight is 518 g/mol. The molecule has 5 rings (SSSR count). The number of aryl methyl sites for hydroxylation is 1. The first kappa shape index (κ1) is 25.9. The second-order valence-corrected chi connectivity index (χ2v) is 10.0. The molecule has 2 heterocycles. The van der Waals surface area contributed by atoms with E-state index >= 15 is 0 Å². The van der Waals surface area contributed by atoms with E-state index in [-0.39, 0.29) is 23.6 Å². The van der Waals surface area contributed by atoms with Gasteiger partial charge in [-0.2, -0.15) is 13.2 Å². The van der Waals surface area contributed by atoms with E-state index < -0.39 is 11.7 Å². The SMILES string of the molecule is Cc1nc2c(c(=O)n1C(c1ccccc1)c1ccccc1)CN(C(C)c1ccc(C(F)(F)F)cc1)CC2C. The van der Waals surface area contributed by atoms with Gasteiger partial charge >= 0.3 is 6.18 Å². The predicted molar refractivity (Wildman–Crippen MR) is 142 cm³/mol. The molecule has 7 heteroatoms. The third kappa shape index (κ3) is 4.90. The molecule has 1 aliphatic heterocycles. The van der Waals surface area contributed by atoms with Gasteiger partial charge in [0.25, 0.3) is 5.56 Å². The second-order valence-electron chi connectivity index (χ2n) is 10.0. The Labute approximate surface area is 220 Å². The molecule has 0 fully saturated rings. The van der Waals surface area contributed by atoms with Crippen molar-refractivity contribution in [3.8, 4) is 0 Å². The van der Waals surface area contributed by atoms with Crippen LogP contribution in [0.3, 0.4) is 0 Å². The number of rotatable bonds is 5. The van der Waals surface area contributed by atoms with Crippen LogP contribution in [0.15, 0.2) is 89.7 Å². The third-order valence-electron chi connectivity index (χ3n) is 7.51. The van der Waals surface area contributed by atoms with E-state index in [0.717, 1.165) is 34.5 Å². The van der Waals surface area contributed by atoms with Crippen molar-refractivity contribution < 1.29 is 13.2 Å². The van der Waals surface area contributed by atoms with Crippen LogP contribution in [0.25, 0.3) is 0 Å². The van der Waals surface area contributed by atoms with Crippen molar-refractivity contribution in [2.45, 2.75) is 51.5 Å². The van der Waals surface area contributed by atoms with Gasteiger partial charge in [-0.15, -0.1) is 0 Å². The second kappa shape index (κ2) is 10.2. The smallest absolute Gasteiger partial charge is 0.291 e. The normalized spacial score (nSPS) is 16.9. The van der Waals surface area contributed by atoms with Crippen LogP contribution in [-0.2, 0) is 12.7 Å². The highest BCUT2D eigenvalue weighted by Gasteiger charge is 2.33. The highest BCUT2D eigenvalue weighted by molar-refractivity contribution is 5.36. The molecule has 1 aromatic heterocycles. The van der Waals surface area contributed by atoms with Crippen LogP contribution in [0.1, 0.15) is 71.2 Å². The average Bonchev–Trinajstić information content (AvgIpc) is 2.91. The Morgan fingerprint density at radius 1 is 0.868 bits per heavy atom. The minimum absolute atomic E-state index is 0.00333. The molecule has 2 unspecified atom stereocenters. The van der Waals surface area contributed by atoms with Crippen LogP contribution in [0, 0.1) is 6.92 Å². The van der Waals surface area contributed by atoms with Crippen molar-refractivity contribution in [3.05, 3.63) is 135 Å². The Bertz CT molecular complexity index is 1430. The quantitative estimate of drug-likeness (QED) is 0.289. The van der Waals surface area contributed by atoms with Crippen LogP contribution in [0.4, 0.5) is 13.2 Å². The van der Waals surface area contributed by atoms with Crippen LogP contribution >= 0.6 is 0 Å². The maximum Gasteiger partial charge on any atom is 0.416 e. The maximum atomic E-state index is 14.2. The molecule has 0 saturated heterocycles. The number of fused-ring (bicyclic) bond motifs is 1. The summed E-state index contributed by atoms with van der Waals surface area (Å²) in [5.41, 5.74) is 3.46. The van der Waals surface area contributed by atoms with Crippen molar-refractivity contribution in [2.24, 2.45) is 0 Å². The Balaban J connectivity index is 1.55. The van der Waals surface area contributed by atoms with Crippen molar-refractivity contribution in [1.29, 1.82) is 0 Å². The first-order valence-electron chi connectivity index (χ1n) is 12.8. The number of alkyl halides is 3. The Morgan fingerprint density at radius 3 is 1.95 bits per heavy atom. The van der Waals surface area contributed by atoms with Crippen molar-refractivity contribution in [3.63, 3.8) is 0 Å². The fourth-order valence-electron chi connectivity index (χ4n) is 5.48. The zero-order chi connectivity index (χ0) is 27.0. The first-order valence-corrected chi connectivity index (χ1v) is 12.8. The molecule has 0 aliphatic carbocycles. The number of halogens is 3. The fourth-order valence-corrected chi connectivity index (χ4v) is 5.48. The van der Waals surface area contributed by atoms with Gasteiger partial charge in [-0.05, 0) is 42.7 Å². The molecule has 196 valence electrons. The van der Waals surface area contributed by atoms with Crippen molar-refractivity contribution in [1.82, 2.24) is 14.5 Å². The fraction of sp³-hybridized carbons (Fsp3) is 0.290. The van der Waals surface area contributed by atoms with E-state index in [0.29, 0.717) is 24.5 Å². The van der Waals surface area contributed by atoms with E-state index in [4.69, 9.17) is 4.98 Å². The Hall–Kier alpha value is -3.71. The molecule has 3 aromatic carbocycles. The molecule has 2 atom stereocenters. The van der Waals surface area contributed by atoms with Crippen molar-refractivity contribution >= 4 is 0 Å². The number of aromatic nitrogens is 2. The van der Waals surface area contributed by atoms with Gasteiger partial charge in [0, 0.05) is 25.0 Å². The third-order valence-corrected chi connectivity index (χ3v) is 7.51. The number of hydrogen-bond acceptors (Lipinski definition) is 3. The molecule has 0 spiro atoms. The van der Waals surface area contributed by atoms with Gasteiger partial charge in [0.2, 0.25) is 0 Å². The first-order chi connectivity index (χ1) is 18.1. The zero-order valence-electron chi connectivity index (χ0n) is 21.6. The van der Waals surface area contributed by atoms with Gasteiger partial charge in [0.05, 0.1) is 22.9 Å². The van der Waals surface area contributed by atoms with Gasteiger partial charge in [0.15, 0.2) is 0 Å².